The van der Waals surface area contributed by atoms with Crippen LogP contribution in [0.25, 0.3) is 0 Å². The number of carbonyl (C=O) groups is 2. The van der Waals surface area contributed by atoms with Crippen molar-refractivity contribution in [3.63, 3.8) is 0 Å². The predicted octanol–water partition coefficient (Wildman–Crippen LogP) is 0.535. The van der Waals surface area contributed by atoms with E-state index in [9.17, 15) is 9.59 Å². The highest BCUT2D eigenvalue weighted by molar-refractivity contribution is 5.95. The van der Waals surface area contributed by atoms with Crippen molar-refractivity contribution < 1.29 is 14.7 Å². The van der Waals surface area contributed by atoms with Crippen molar-refractivity contribution in [3.05, 3.63) is 29.8 Å². The maximum atomic E-state index is 11.7. The molecular formula is C12H17N3O3. The lowest BCUT2D eigenvalue weighted by atomic mass is 10.1. The molecule has 0 fully saturated rings. The van der Waals surface area contributed by atoms with Gasteiger partial charge in [-0.05, 0) is 30.2 Å². The van der Waals surface area contributed by atoms with Gasteiger partial charge < -0.3 is 21.5 Å². The molecule has 1 atom stereocenters. The monoisotopic (exact) mass is 251 g/mol. The van der Waals surface area contributed by atoms with Crippen molar-refractivity contribution in [2.24, 2.45) is 11.7 Å². The Morgan fingerprint density at radius 2 is 1.94 bits per heavy atom. The molecule has 1 unspecified atom stereocenters. The van der Waals surface area contributed by atoms with E-state index in [1.54, 1.807) is 24.3 Å². The number of benzene rings is 1. The number of rotatable bonds is 5. The van der Waals surface area contributed by atoms with Crippen LogP contribution in [0.3, 0.4) is 0 Å². The van der Waals surface area contributed by atoms with Gasteiger partial charge in [0, 0.05) is 24.4 Å². The summed E-state index contributed by atoms with van der Waals surface area (Å²) in [6, 6.07) is 5.71. The highest BCUT2D eigenvalue weighted by Crippen LogP contribution is 2.09. The number of hydrogen-bond donors (Lipinski definition) is 4. The lowest BCUT2D eigenvalue weighted by Gasteiger charge is -2.10. The van der Waals surface area contributed by atoms with Gasteiger partial charge in [0.05, 0.1) is 0 Å². The molecule has 5 N–H and O–H groups in total. The Kier molecular flexibility index (Phi) is 5.13. The van der Waals surface area contributed by atoms with Crippen LogP contribution >= 0.6 is 0 Å². The first-order valence-electron chi connectivity index (χ1n) is 5.58. The van der Waals surface area contributed by atoms with E-state index < -0.39 is 6.03 Å². The number of nitrogens with one attached hydrogen (secondary N) is 2. The van der Waals surface area contributed by atoms with Crippen LogP contribution < -0.4 is 16.4 Å². The highest BCUT2D eigenvalue weighted by Gasteiger charge is 2.07. The van der Waals surface area contributed by atoms with E-state index in [0.29, 0.717) is 17.8 Å². The van der Waals surface area contributed by atoms with Crippen LogP contribution in [0.4, 0.5) is 10.5 Å². The molecule has 6 nitrogen and oxygen atoms in total. The van der Waals surface area contributed by atoms with Crippen molar-refractivity contribution in [1.29, 1.82) is 0 Å². The summed E-state index contributed by atoms with van der Waals surface area (Å²) in [5.74, 6) is -0.203. The van der Waals surface area contributed by atoms with Crippen molar-refractivity contribution in [2.75, 3.05) is 18.5 Å². The fourth-order valence-electron chi connectivity index (χ4n) is 1.28. The van der Waals surface area contributed by atoms with Gasteiger partial charge in [-0.2, -0.15) is 0 Å². The molecule has 98 valence electrons. The minimum Gasteiger partial charge on any atom is -0.396 e. The van der Waals surface area contributed by atoms with E-state index in [-0.39, 0.29) is 18.4 Å². The maximum Gasteiger partial charge on any atom is 0.316 e. The van der Waals surface area contributed by atoms with Crippen LogP contribution in [0.2, 0.25) is 0 Å². The van der Waals surface area contributed by atoms with Crippen molar-refractivity contribution in [1.82, 2.24) is 5.32 Å². The molecule has 0 saturated heterocycles. The fourth-order valence-corrected chi connectivity index (χ4v) is 1.28. The van der Waals surface area contributed by atoms with Crippen LogP contribution in [0.15, 0.2) is 24.3 Å². The summed E-state index contributed by atoms with van der Waals surface area (Å²) >= 11 is 0. The summed E-state index contributed by atoms with van der Waals surface area (Å²) in [4.78, 5) is 22.3. The van der Waals surface area contributed by atoms with E-state index in [1.165, 1.54) is 0 Å². The molecule has 1 rings (SSSR count). The van der Waals surface area contributed by atoms with E-state index in [0.717, 1.165) is 0 Å². The molecule has 0 bridgehead atoms. The number of carbonyl (C=O) groups excluding carboxylic acids is 2. The van der Waals surface area contributed by atoms with Crippen LogP contribution in [0, 0.1) is 5.92 Å². The molecule has 0 heterocycles. The summed E-state index contributed by atoms with van der Waals surface area (Å²) in [6.07, 6.45) is 0. The quantitative estimate of drug-likeness (QED) is 0.613. The zero-order chi connectivity index (χ0) is 13.5. The van der Waals surface area contributed by atoms with Gasteiger partial charge in [-0.1, -0.05) is 6.92 Å². The number of aliphatic hydroxyl groups excluding tert-OH is 1. The molecule has 0 aliphatic carbocycles. The third-order valence-corrected chi connectivity index (χ3v) is 2.34. The largest absolute Gasteiger partial charge is 0.396 e. The van der Waals surface area contributed by atoms with Crippen molar-refractivity contribution >= 4 is 17.6 Å². The standard InChI is InChI=1S/C12H17N3O3/c1-8(7-16)6-14-11(17)9-2-4-10(5-3-9)15-12(13)18/h2-5,8,16H,6-7H2,1H3,(H,14,17)(H3,13,15,18). The van der Waals surface area contributed by atoms with Gasteiger partial charge in [0.1, 0.15) is 0 Å². The maximum absolute atomic E-state index is 11.7. The zero-order valence-electron chi connectivity index (χ0n) is 10.1. The second-order valence-corrected chi connectivity index (χ2v) is 4.06. The van der Waals surface area contributed by atoms with Crippen LogP contribution in [0.5, 0.6) is 0 Å². The number of nitrogens with two attached hydrogens (primary N) is 1. The highest BCUT2D eigenvalue weighted by atomic mass is 16.3. The van der Waals surface area contributed by atoms with Gasteiger partial charge in [0.15, 0.2) is 0 Å². The van der Waals surface area contributed by atoms with Gasteiger partial charge in [0.25, 0.3) is 5.91 Å². The fraction of sp³-hybridized carbons (Fsp3) is 0.333. The number of anilines is 1. The average Bonchev–Trinajstić information content (AvgIpc) is 2.35. The molecule has 0 aliphatic rings. The number of amides is 3. The molecule has 18 heavy (non-hydrogen) atoms. The first-order valence-corrected chi connectivity index (χ1v) is 5.58. The molecule has 1 aromatic rings. The molecule has 1 aromatic carbocycles. The van der Waals surface area contributed by atoms with E-state index in [4.69, 9.17) is 10.8 Å². The van der Waals surface area contributed by atoms with E-state index >= 15 is 0 Å². The zero-order valence-corrected chi connectivity index (χ0v) is 10.1. The molecular weight excluding hydrogens is 234 g/mol. The second kappa shape index (κ2) is 6.61. The summed E-state index contributed by atoms with van der Waals surface area (Å²) in [5.41, 5.74) is 5.98. The molecule has 0 radical (unpaired) electrons. The molecule has 3 amide bonds. The molecule has 0 saturated carbocycles. The Bertz CT molecular complexity index is 417. The lowest BCUT2D eigenvalue weighted by molar-refractivity contribution is 0.0942. The summed E-state index contributed by atoms with van der Waals surface area (Å²) < 4.78 is 0. The Hall–Kier alpha value is -2.08. The van der Waals surface area contributed by atoms with Gasteiger partial charge in [-0.15, -0.1) is 0 Å². The minimum absolute atomic E-state index is 0.0183. The topological polar surface area (TPSA) is 104 Å². The van der Waals surface area contributed by atoms with Crippen LogP contribution in [-0.2, 0) is 0 Å². The van der Waals surface area contributed by atoms with Crippen LogP contribution in [-0.4, -0.2) is 30.2 Å². The molecule has 0 aromatic heterocycles. The predicted molar refractivity (Wildman–Crippen MR) is 68.2 cm³/mol. The third-order valence-electron chi connectivity index (χ3n) is 2.34. The summed E-state index contributed by atoms with van der Waals surface area (Å²) in [7, 11) is 0. The first kappa shape index (κ1) is 14.0. The summed E-state index contributed by atoms with van der Waals surface area (Å²) in [5, 5.41) is 13.9. The average molecular weight is 251 g/mol. The number of urea groups is 1. The van der Waals surface area contributed by atoms with Crippen molar-refractivity contribution in [2.45, 2.75) is 6.92 Å². The smallest absolute Gasteiger partial charge is 0.316 e. The lowest BCUT2D eigenvalue weighted by Crippen LogP contribution is -2.29. The van der Waals surface area contributed by atoms with Crippen LogP contribution in [0.1, 0.15) is 17.3 Å². The van der Waals surface area contributed by atoms with E-state index in [2.05, 4.69) is 10.6 Å². The minimum atomic E-state index is -0.649. The first-order chi connectivity index (χ1) is 8.52. The third kappa shape index (κ3) is 4.42. The second-order valence-electron chi connectivity index (χ2n) is 4.06. The Labute approximate surface area is 105 Å². The molecule has 0 spiro atoms. The van der Waals surface area contributed by atoms with Crippen molar-refractivity contribution in [3.8, 4) is 0 Å². The SMILES string of the molecule is CC(CO)CNC(=O)c1ccc(NC(N)=O)cc1. The van der Waals surface area contributed by atoms with Gasteiger partial charge >= 0.3 is 6.03 Å². The van der Waals surface area contributed by atoms with Gasteiger partial charge in [-0.25, -0.2) is 4.79 Å². The number of hydrogen-bond acceptors (Lipinski definition) is 3. The molecule has 0 aliphatic heterocycles. The van der Waals surface area contributed by atoms with E-state index in [1.807, 2.05) is 6.92 Å². The number of aliphatic hydroxyl groups is 1. The summed E-state index contributed by atoms with van der Waals surface area (Å²) in [6.45, 7) is 2.28. The van der Waals surface area contributed by atoms with Gasteiger partial charge in [-0.3, -0.25) is 4.79 Å². The molecule has 6 heteroatoms. The Morgan fingerprint density at radius 3 is 2.44 bits per heavy atom. The van der Waals surface area contributed by atoms with Gasteiger partial charge in [0.2, 0.25) is 0 Å². The Balaban J connectivity index is 2.56. The number of primary amides is 1. The normalized spacial score (nSPS) is 11.7. The Morgan fingerprint density at radius 1 is 1.33 bits per heavy atom.